The topological polar surface area (TPSA) is 29.1 Å². The van der Waals surface area contributed by atoms with E-state index in [9.17, 15) is 4.79 Å². The maximum Gasteiger partial charge on any atom is 0.234 e. The summed E-state index contributed by atoms with van der Waals surface area (Å²) in [6.45, 7) is 3.98. The quantitative estimate of drug-likeness (QED) is 0.661. The highest BCUT2D eigenvalue weighted by atomic mass is 35.5. The predicted octanol–water partition coefficient (Wildman–Crippen LogP) is 2.80. The molecule has 0 aliphatic heterocycles. The van der Waals surface area contributed by atoms with Crippen molar-refractivity contribution in [1.82, 2.24) is 5.32 Å². The molecule has 1 N–H and O–H groups in total. The van der Waals surface area contributed by atoms with E-state index in [4.69, 9.17) is 23.2 Å². The Morgan fingerprint density at radius 2 is 2.00 bits per heavy atom. The number of hydrogen-bond acceptors (Lipinski definition) is 1. The Hall–Kier alpha value is -0.990. The van der Waals surface area contributed by atoms with Crippen molar-refractivity contribution < 1.29 is 4.79 Å². The van der Waals surface area contributed by atoms with Crippen molar-refractivity contribution in [3.63, 3.8) is 0 Å². The zero-order chi connectivity index (χ0) is 12.5. The van der Waals surface area contributed by atoms with E-state index < -0.39 is 9.75 Å². The smallest absolute Gasteiger partial charge is 0.234 e. The summed E-state index contributed by atoms with van der Waals surface area (Å²) < 4.78 is -1.01. The number of nitrogens with one attached hydrogen (secondary N) is 1. The van der Waals surface area contributed by atoms with E-state index in [1.54, 1.807) is 6.08 Å². The average molecular weight is 270 g/mol. The lowest BCUT2D eigenvalue weighted by atomic mass is 9.95. The van der Waals surface area contributed by atoms with Crippen molar-refractivity contribution in [1.29, 1.82) is 0 Å². The Morgan fingerprint density at radius 3 is 2.47 bits per heavy atom. The van der Waals surface area contributed by atoms with E-state index in [0.717, 1.165) is 5.56 Å². The van der Waals surface area contributed by atoms with Crippen LogP contribution in [0.3, 0.4) is 0 Å². The van der Waals surface area contributed by atoms with Gasteiger partial charge in [0.25, 0.3) is 0 Å². The van der Waals surface area contributed by atoms with E-state index in [0.29, 0.717) is 13.0 Å². The Labute approximate surface area is 111 Å². The molecule has 90 valence electrons. The third kappa shape index (κ3) is 1.96. The molecule has 17 heavy (non-hydrogen) atoms. The second kappa shape index (κ2) is 4.35. The van der Waals surface area contributed by atoms with Crippen LogP contribution in [-0.2, 0) is 10.2 Å². The van der Waals surface area contributed by atoms with Crippen molar-refractivity contribution >= 4 is 29.1 Å². The van der Waals surface area contributed by atoms with Gasteiger partial charge in [-0.25, -0.2) is 0 Å². The molecule has 0 bridgehead atoms. The predicted molar refractivity (Wildman–Crippen MR) is 70.4 cm³/mol. The number of carbonyl (C=O) groups is 1. The van der Waals surface area contributed by atoms with Crippen molar-refractivity contribution in [2.24, 2.45) is 0 Å². The first-order chi connectivity index (χ1) is 8.04. The van der Waals surface area contributed by atoms with Gasteiger partial charge < -0.3 is 5.32 Å². The van der Waals surface area contributed by atoms with Crippen molar-refractivity contribution in [3.8, 4) is 0 Å². The van der Waals surface area contributed by atoms with Gasteiger partial charge in [0.05, 0.1) is 0 Å². The van der Waals surface area contributed by atoms with E-state index in [2.05, 4.69) is 11.9 Å². The van der Waals surface area contributed by atoms with Gasteiger partial charge in [0.2, 0.25) is 5.91 Å². The van der Waals surface area contributed by atoms with Gasteiger partial charge in [0, 0.05) is 13.0 Å². The maximum absolute atomic E-state index is 12.2. The summed E-state index contributed by atoms with van der Waals surface area (Å²) in [6.07, 6.45) is 2.07. The molecule has 2 nitrogen and oxygen atoms in total. The summed E-state index contributed by atoms with van der Waals surface area (Å²) in [7, 11) is 0. The monoisotopic (exact) mass is 269 g/mol. The standard InChI is InChI=1S/C13H13Cl2NO/c1-2-8-16-11(17)12(9-13(12,14)15)10-6-4-3-5-7-10/h2-7H,1,8-9H2,(H,16,17)/t12-/m1/s1. The lowest BCUT2D eigenvalue weighted by Crippen LogP contribution is -2.38. The molecule has 0 saturated heterocycles. The van der Waals surface area contributed by atoms with Crippen LogP contribution >= 0.6 is 23.2 Å². The zero-order valence-electron chi connectivity index (χ0n) is 9.25. The molecule has 1 amide bonds. The SMILES string of the molecule is C=CCNC(=O)[C@]1(c2ccccc2)CC1(Cl)Cl. The molecule has 1 fully saturated rings. The van der Waals surface area contributed by atoms with Crippen LogP contribution in [0.25, 0.3) is 0 Å². The number of benzene rings is 1. The number of hydrogen-bond donors (Lipinski definition) is 1. The summed E-state index contributed by atoms with van der Waals surface area (Å²) in [5, 5.41) is 2.76. The minimum atomic E-state index is -1.01. The molecule has 0 heterocycles. The number of rotatable bonds is 4. The normalized spacial score (nSPS) is 25.1. The molecule has 4 heteroatoms. The van der Waals surface area contributed by atoms with E-state index >= 15 is 0 Å². The Morgan fingerprint density at radius 1 is 1.41 bits per heavy atom. The van der Waals surface area contributed by atoms with Crippen LogP contribution in [-0.4, -0.2) is 16.8 Å². The van der Waals surface area contributed by atoms with E-state index in [1.807, 2.05) is 30.3 Å². The molecular formula is C13H13Cl2NO. The van der Waals surface area contributed by atoms with Crippen LogP contribution in [0.4, 0.5) is 0 Å². The van der Waals surface area contributed by atoms with Crippen LogP contribution in [0.15, 0.2) is 43.0 Å². The molecule has 0 radical (unpaired) electrons. The number of halogens is 2. The third-order valence-corrected chi connectivity index (χ3v) is 3.96. The molecule has 0 aromatic heterocycles. The van der Waals surface area contributed by atoms with Crippen LogP contribution in [0, 0.1) is 0 Å². The summed E-state index contributed by atoms with van der Waals surface area (Å²) in [5.74, 6) is -0.145. The molecular weight excluding hydrogens is 257 g/mol. The molecule has 2 rings (SSSR count). The third-order valence-electron chi connectivity index (χ3n) is 3.05. The first-order valence-electron chi connectivity index (χ1n) is 5.37. The lowest BCUT2D eigenvalue weighted by molar-refractivity contribution is -0.123. The van der Waals surface area contributed by atoms with Gasteiger partial charge in [-0.1, -0.05) is 36.4 Å². The van der Waals surface area contributed by atoms with Crippen molar-refractivity contribution in [3.05, 3.63) is 48.6 Å². The Balaban J connectivity index is 2.30. The van der Waals surface area contributed by atoms with Gasteiger partial charge in [-0.2, -0.15) is 0 Å². The van der Waals surface area contributed by atoms with Gasteiger partial charge in [0.1, 0.15) is 9.75 Å². The molecule has 1 saturated carbocycles. The summed E-state index contributed by atoms with van der Waals surface area (Å²) >= 11 is 12.3. The molecule has 0 spiro atoms. The van der Waals surface area contributed by atoms with Gasteiger partial charge in [-0.3, -0.25) is 4.79 Å². The lowest BCUT2D eigenvalue weighted by Gasteiger charge is -2.17. The number of alkyl halides is 2. The van der Waals surface area contributed by atoms with Crippen molar-refractivity contribution in [2.75, 3.05) is 6.54 Å². The van der Waals surface area contributed by atoms with Crippen LogP contribution in [0.5, 0.6) is 0 Å². The van der Waals surface area contributed by atoms with Gasteiger partial charge >= 0.3 is 0 Å². The minimum Gasteiger partial charge on any atom is -0.352 e. The highest BCUT2D eigenvalue weighted by molar-refractivity contribution is 6.54. The fourth-order valence-corrected chi connectivity index (χ4v) is 2.81. The fourth-order valence-electron chi connectivity index (χ4n) is 2.02. The zero-order valence-corrected chi connectivity index (χ0v) is 10.8. The molecule has 1 aromatic rings. The Kier molecular flexibility index (Phi) is 3.19. The van der Waals surface area contributed by atoms with Crippen LogP contribution in [0.2, 0.25) is 0 Å². The Bertz CT molecular complexity index is 444. The minimum absolute atomic E-state index is 0.145. The van der Waals surface area contributed by atoms with Crippen molar-refractivity contribution in [2.45, 2.75) is 16.2 Å². The van der Waals surface area contributed by atoms with Gasteiger partial charge in [0.15, 0.2) is 0 Å². The molecule has 1 aliphatic rings. The second-order valence-corrected chi connectivity index (χ2v) is 5.64. The molecule has 0 unspecified atom stereocenters. The van der Waals surface area contributed by atoms with E-state index in [-0.39, 0.29) is 5.91 Å². The highest BCUT2D eigenvalue weighted by Gasteiger charge is 2.71. The largest absolute Gasteiger partial charge is 0.352 e. The van der Waals surface area contributed by atoms with Crippen LogP contribution < -0.4 is 5.32 Å². The summed E-state index contributed by atoms with van der Waals surface area (Å²) in [5.41, 5.74) is 0.0342. The van der Waals surface area contributed by atoms with E-state index in [1.165, 1.54) is 0 Å². The van der Waals surface area contributed by atoms with Crippen LogP contribution in [0.1, 0.15) is 12.0 Å². The summed E-state index contributed by atoms with van der Waals surface area (Å²) in [4.78, 5) is 12.2. The second-order valence-electron chi connectivity index (χ2n) is 4.15. The number of amides is 1. The molecule has 1 aromatic carbocycles. The maximum atomic E-state index is 12.2. The first kappa shape index (κ1) is 12.5. The first-order valence-corrected chi connectivity index (χ1v) is 6.13. The van der Waals surface area contributed by atoms with Gasteiger partial charge in [-0.05, 0) is 5.56 Å². The molecule has 1 aliphatic carbocycles. The number of carbonyl (C=O) groups excluding carboxylic acids is 1. The summed E-state index contributed by atoms with van der Waals surface area (Å²) in [6, 6.07) is 9.39. The average Bonchev–Trinajstić information content (AvgIpc) is 2.92. The highest BCUT2D eigenvalue weighted by Crippen LogP contribution is 2.64. The molecule has 1 atom stereocenters. The fraction of sp³-hybridized carbons (Fsp3) is 0.308. The van der Waals surface area contributed by atoms with Gasteiger partial charge in [-0.15, -0.1) is 29.8 Å².